The summed E-state index contributed by atoms with van der Waals surface area (Å²) in [6, 6.07) is 5.23. The van der Waals surface area contributed by atoms with Gasteiger partial charge in [0.15, 0.2) is 0 Å². The van der Waals surface area contributed by atoms with Gasteiger partial charge in [-0.25, -0.2) is 4.39 Å². The second-order valence-corrected chi connectivity index (χ2v) is 8.63. The average Bonchev–Trinajstić information content (AvgIpc) is 2.41. The third-order valence-electron chi connectivity index (χ3n) is 5.19. The summed E-state index contributed by atoms with van der Waals surface area (Å²) in [5, 5.41) is 9.91. The van der Waals surface area contributed by atoms with Gasteiger partial charge in [0.05, 0.1) is 0 Å². The Balaban J connectivity index is 2.10. The van der Waals surface area contributed by atoms with E-state index in [2.05, 4.69) is 36.7 Å². The van der Waals surface area contributed by atoms with Crippen LogP contribution in [0.4, 0.5) is 4.39 Å². The van der Waals surface area contributed by atoms with Gasteiger partial charge < -0.3 is 5.11 Å². The largest absolute Gasteiger partial charge is 0.396 e. The molecule has 2 rings (SSSR count). The van der Waals surface area contributed by atoms with Crippen molar-refractivity contribution in [1.82, 2.24) is 0 Å². The predicted octanol–water partition coefficient (Wildman–Crippen LogP) is 5.35. The molecule has 0 unspecified atom stereocenters. The Hall–Kier alpha value is -0.410. The summed E-state index contributed by atoms with van der Waals surface area (Å²) in [4.78, 5) is 0. The van der Waals surface area contributed by atoms with Crippen LogP contribution in [-0.2, 0) is 6.42 Å². The lowest BCUT2D eigenvalue weighted by molar-refractivity contribution is 0.0363. The van der Waals surface area contributed by atoms with Crippen LogP contribution in [0.3, 0.4) is 0 Å². The highest BCUT2D eigenvalue weighted by Crippen LogP contribution is 2.46. The van der Waals surface area contributed by atoms with Crippen molar-refractivity contribution >= 4 is 15.9 Å². The molecule has 0 amide bonds. The fourth-order valence-corrected chi connectivity index (χ4v) is 3.89. The van der Waals surface area contributed by atoms with Crippen molar-refractivity contribution in [2.24, 2.45) is 16.7 Å². The second kappa shape index (κ2) is 6.37. The van der Waals surface area contributed by atoms with Gasteiger partial charge in [0.2, 0.25) is 0 Å². The molecule has 0 aromatic heterocycles. The first-order valence-electron chi connectivity index (χ1n) is 7.81. The van der Waals surface area contributed by atoms with E-state index in [0.717, 1.165) is 35.7 Å². The molecule has 0 spiro atoms. The molecule has 1 aromatic carbocycles. The average molecular weight is 357 g/mol. The quantitative estimate of drug-likeness (QED) is 0.774. The van der Waals surface area contributed by atoms with Crippen LogP contribution in [0, 0.1) is 22.6 Å². The molecule has 1 aliphatic rings. The molecule has 0 aliphatic heterocycles. The molecule has 0 atom stereocenters. The maximum absolute atomic E-state index is 14.1. The lowest BCUT2D eigenvalue weighted by Crippen LogP contribution is -2.36. The topological polar surface area (TPSA) is 20.2 Å². The van der Waals surface area contributed by atoms with Gasteiger partial charge in [0.25, 0.3) is 0 Å². The molecule has 1 saturated carbocycles. The first-order chi connectivity index (χ1) is 9.76. The Morgan fingerprint density at radius 2 is 1.90 bits per heavy atom. The van der Waals surface area contributed by atoms with Crippen LogP contribution in [0.1, 0.15) is 52.0 Å². The van der Waals surface area contributed by atoms with E-state index in [1.807, 2.05) is 12.1 Å². The summed E-state index contributed by atoms with van der Waals surface area (Å²) in [6.45, 7) is 7.02. The summed E-state index contributed by atoms with van der Waals surface area (Å²) in [5.41, 5.74) is 0.905. The van der Waals surface area contributed by atoms with Gasteiger partial charge in [0, 0.05) is 11.1 Å². The lowest BCUT2D eigenvalue weighted by atomic mass is 9.62. The summed E-state index contributed by atoms with van der Waals surface area (Å²) in [6.07, 6.45) is 4.87. The number of hydrogen-bond acceptors (Lipinski definition) is 1. The highest BCUT2D eigenvalue weighted by Gasteiger charge is 2.38. The molecule has 0 bridgehead atoms. The fraction of sp³-hybridized carbons (Fsp3) is 0.667. The third kappa shape index (κ3) is 4.07. The van der Waals surface area contributed by atoms with Gasteiger partial charge >= 0.3 is 0 Å². The number of aliphatic hydroxyl groups excluding tert-OH is 1. The molecule has 1 fully saturated rings. The minimum absolute atomic E-state index is 0.142. The smallest absolute Gasteiger partial charge is 0.127 e. The first kappa shape index (κ1) is 17.0. The highest BCUT2D eigenvalue weighted by atomic mass is 79.9. The summed E-state index contributed by atoms with van der Waals surface area (Å²) >= 11 is 3.29. The van der Waals surface area contributed by atoms with Crippen molar-refractivity contribution in [3.8, 4) is 0 Å². The third-order valence-corrected chi connectivity index (χ3v) is 5.68. The minimum Gasteiger partial charge on any atom is -0.396 e. The zero-order valence-electron chi connectivity index (χ0n) is 13.3. The zero-order valence-corrected chi connectivity index (χ0v) is 14.8. The molecule has 21 heavy (non-hydrogen) atoms. The van der Waals surface area contributed by atoms with E-state index in [1.165, 1.54) is 6.07 Å². The Morgan fingerprint density at radius 3 is 2.38 bits per heavy atom. The molecule has 1 nitrogen and oxygen atoms in total. The number of halogens is 2. The van der Waals surface area contributed by atoms with Crippen molar-refractivity contribution in [2.45, 2.75) is 52.9 Å². The molecule has 3 heteroatoms. The molecule has 0 saturated heterocycles. The molecule has 0 radical (unpaired) electrons. The fourth-order valence-electron chi connectivity index (χ4n) is 3.56. The molecule has 118 valence electrons. The minimum atomic E-state index is -0.171. The summed E-state index contributed by atoms with van der Waals surface area (Å²) in [5.74, 6) is 0.530. The Bertz CT molecular complexity index is 484. The molecular weight excluding hydrogens is 331 g/mol. The standard InChI is InChI=1S/C18H26BrFO/c1-17(2,3)14-6-8-18(12-21,9-7-14)11-13-4-5-15(19)10-16(13)20/h4-5,10,14,21H,6-9,11-12H2,1-3H3. The van der Waals surface area contributed by atoms with E-state index in [1.54, 1.807) is 0 Å². The van der Waals surface area contributed by atoms with Gasteiger partial charge in [0.1, 0.15) is 5.82 Å². The van der Waals surface area contributed by atoms with Crippen LogP contribution in [0.25, 0.3) is 0 Å². The number of benzene rings is 1. The van der Waals surface area contributed by atoms with Crippen LogP contribution in [0.15, 0.2) is 22.7 Å². The summed E-state index contributed by atoms with van der Waals surface area (Å²) in [7, 11) is 0. The Kier molecular flexibility index (Phi) is 5.15. The zero-order chi connectivity index (χ0) is 15.7. The van der Waals surface area contributed by atoms with Crippen LogP contribution in [0.2, 0.25) is 0 Å². The summed E-state index contributed by atoms with van der Waals surface area (Å²) < 4.78 is 14.8. The second-order valence-electron chi connectivity index (χ2n) is 7.71. The SMILES string of the molecule is CC(C)(C)C1CCC(CO)(Cc2ccc(Br)cc2F)CC1. The molecule has 1 N–H and O–H groups in total. The van der Waals surface area contributed by atoms with E-state index >= 15 is 0 Å². The van der Waals surface area contributed by atoms with Crippen LogP contribution >= 0.6 is 15.9 Å². The van der Waals surface area contributed by atoms with E-state index < -0.39 is 0 Å². The van der Waals surface area contributed by atoms with E-state index in [9.17, 15) is 9.50 Å². The van der Waals surface area contributed by atoms with E-state index in [4.69, 9.17) is 0 Å². The van der Waals surface area contributed by atoms with Gasteiger partial charge in [-0.05, 0) is 66.5 Å². The molecule has 1 aliphatic carbocycles. The van der Waals surface area contributed by atoms with Crippen molar-refractivity contribution in [3.05, 3.63) is 34.1 Å². The van der Waals surface area contributed by atoms with E-state index in [0.29, 0.717) is 17.8 Å². The van der Waals surface area contributed by atoms with Crippen LogP contribution in [-0.4, -0.2) is 11.7 Å². The van der Waals surface area contributed by atoms with Gasteiger partial charge in [-0.2, -0.15) is 0 Å². The van der Waals surface area contributed by atoms with Crippen LogP contribution in [0.5, 0.6) is 0 Å². The molecular formula is C18H26BrFO. The predicted molar refractivity (Wildman–Crippen MR) is 88.7 cm³/mol. The van der Waals surface area contributed by atoms with Crippen molar-refractivity contribution < 1.29 is 9.50 Å². The monoisotopic (exact) mass is 356 g/mol. The molecule has 1 aromatic rings. The van der Waals surface area contributed by atoms with Crippen molar-refractivity contribution in [1.29, 1.82) is 0 Å². The number of rotatable bonds is 3. The first-order valence-corrected chi connectivity index (χ1v) is 8.60. The van der Waals surface area contributed by atoms with Crippen molar-refractivity contribution in [3.63, 3.8) is 0 Å². The van der Waals surface area contributed by atoms with Gasteiger partial charge in [-0.1, -0.05) is 42.8 Å². The number of aliphatic hydroxyl groups is 1. The maximum Gasteiger partial charge on any atom is 0.127 e. The lowest BCUT2D eigenvalue weighted by Gasteiger charge is -2.43. The van der Waals surface area contributed by atoms with Crippen molar-refractivity contribution in [2.75, 3.05) is 6.61 Å². The normalized spacial score (nSPS) is 26.9. The van der Waals surface area contributed by atoms with Gasteiger partial charge in [-0.3, -0.25) is 0 Å². The molecule has 0 heterocycles. The van der Waals surface area contributed by atoms with E-state index in [-0.39, 0.29) is 17.8 Å². The highest BCUT2D eigenvalue weighted by molar-refractivity contribution is 9.10. The van der Waals surface area contributed by atoms with Gasteiger partial charge in [-0.15, -0.1) is 0 Å². The Morgan fingerprint density at radius 1 is 1.29 bits per heavy atom. The Labute approximate surface area is 136 Å². The maximum atomic E-state index is 14.1. The van der Waals surface area contributed by atoms with Crippen LogP contribution < -0.4 is 0 Å². The number of hydrogen-bond donors (Lipinski definition) is 1.